The average Bonchev–Trinajstić information content (AvgIpc) is 2.08. The van der Waals surface area contributed by atoms with Crippen LogP contribution in [0.3, 0.4) is 0 Å². The second-order valence-electron chi connectivity index (χ2n) is 6.00. The average molecular weight is 225 g/mol. The van der Waals surface area contributed by atoms with Crippen molar-refractivity contribution in [1.29, 1.82) is 5.26 Å². The molecule has 1 rings (SSSR count). The second-order valence-corrected chi connectivity index (χ2v) is 10.4. The summed E-state index contributed by atoms with van der Waals surface area (Å²) in [5.74, 6) is 1.12. The molecule has 0 radical (unpaired) electrons. The quantitative estimate of drug-likeness (QED) is 0.673. The highest BCUT2D eigenvalue weighted by Gasteiger charge is 2.44. The van der Waals surface area contributed by atoms with Gasteiger partial charge in [0.2, 0.25) is 0 Å². The summed E-state index contributed by atoms with van der Waals surface area (Å²) in [5, 5.41) is 9.41. The van der Waals surface area contributed by atoms with Gasteiger partial charge in [0.05, 0.1) is 6.07 Å². The van der Waals surface area contributed by atoms with E-state index in [0.717, 1.165) is 25.2 Å². The Labute approximate surface area is 94.8 Å². The van der Waals surface area contributed by atoms with Crippen molar-refractivity contribution in [1.82, 2.24) is 0 Å². The number of rotatable bonds is 2. The maximum absolute atomic E-state index is 9.41. The van der Waals surface area contributed by atoms with Crippen LogP contribution in [-0.4, -0.2) is 13.9 Å². The first kappa shape index (κ1) is 12.7. The van der Waals surface area contributed by atoms with E-state index in [-0.39, 0.29) is 0 Å². The topological polar surface area (TPSA) is 33.0 Å². The summed E-state index contributed by atoms with van der Waals surface area (Å²) in [6.45, 7) is 10.9. The molecule has 3 unspecified atom stereocenters. The van der Waals surface area contributed by atoms with E-state index >= 15 is 0 Å². The molecule has 0 aromatic carbocycles. The molecule has 0 aromatic rings. The predicted molar refractivity (Wildman–Crippen MR) is 65.0 cm³/mol. The Morgan fingerprint density at radius 1 is 1.33 bits per heavy atom. The lowest BCUT2D eigenvalue weighted by Gasteiger charge is -2.43. The van der Waals surface area contributed by atoms with Crippen LogP contribution in [-0.2, 0) is 4.43 Å². The van der Waals surface area contributed by atoms with Gasteiger partial charge in [-0.1, -0.05) is 13.8 Å². The third kappa shape index (κ3) is 3.06. The van der Waals surface area contributed by atoms with Crippen molar-refractivity contribution >= 4 is 8.32 Å². The highest BCUT2D eigenvalue weighted by atomic mass is 28.4. The molecule has 1 fully saturated rings. The highest BCUT2D eigenvalue weighted by Crippen LogP contribution is 2.40. The van der Waals surface area contributed by atoms with Gasteiger partial charge in [0.1, 0.15) is 5.60 Å². The van der Waals surface area contributed by atoms with Crippen LogP contribution in [0.2, 0.25) is 19.6 Å². The van der Waals surface area contributed by atoms with E-state index in [1.54, 1.807) is 0 Å². The Hall–Kier alpha value is -0.333. The normalized spacial score (nSPS) is 37.3. The SMILES string of the molecule is CC1CCC(C#N)(O[Si](C)(C)C)C(C)C1. The van der Waals surface area contributed by atoms with Crippen molar-refractivity contribution in [2.45, 2.75) is 58.4 Å². The Kier molecular flexibility index (Phi) is 3.62. The molecule has 3 atom stereocenters. The fourth-order valence-corrected chi connectivity index (χ4v) is 3.95. The fraction of sp³-hybridized carbons (Fsp3) is 0.917. The van der Waals surface area contributed by atoms with Crippen LogP contribution in [0.1, 0.15) is 33.1 Å². The zero-order valence-electron chi connectivity index (χ0n) is 10.6. The summed E-state index contributed by atoms with van der Waals surface area (Å²) in [6, 6.07) is 2.46. The van der Waals surface area contributed by atoms with Gasteiger partial charge in [0.25, 0.3) is 0 Å². The maximum atomic E-state index is 9.41. The second kappa shape index (κ2) is 4.27. The predicted octanol–water partition coefficient (Wildman–Crippen LogP) is 3.56. The van der Waals surface area contributed by atoms with Gasteiger partial charge >= 0.3 is 0 Å². The molecular formula is C12H23NOSi. The summed E-state index contributed by atoms with van der Waals surface area (Å²) >= 11 is 0. The van der Waals surface area contributed by atoms with E-state index < -0.39 is 13.9 Å². The molecule has 1 aliphatic rings. The van der Waals surface area contributed by atoms with Crippen LogP contribution in [0.15, 0.2) is 0 Å². The molecule has 1 saturated carbocycles. The summed E-state index contributed by atoms with van der Waals surface area (Å²) in [6.07, 6.45) is 3.16. The first-order valence-electron chi connectivity index (χ1n) is 5.90. The lowest BCUT2D eigenvalue weighted by molar-refractivity contribution is 0.0126. The molecule has 0 aromatic heterocycles. The number of nitriles is 1. The minimum atomic E-state index is -1.62. The Bertz CT molecular complexity index is 266. The Morgan fingerprint density at radius 3 is 2.33 bits per heavy atom. The van der Waals surface area contributed by atoms with Crippen LogP contribution in [0, 0.1) is 23.2 Å². The van der Waals surface area contributed by atoms with Crippen molar-refractivity contribution in [2.75, 3.05) is 0 Å². The van der Waals surface area contributed by atoms with Gasteiger partial charge in [0, 0.05) is 0 Å². The van der Waals surface area contributed by atoms with Crippen molar-refractivity contribution in [3.05, 3.63) is 0 Å². The van der Waals surface area contributed by atoms with E-state index in [4.69, 9.17) is 4.43 Å². The fourth-order valence-electron chi connectivity index (χ4n) is 2.51. The summed E-state index contributed by atoms with van der Waals surface area (Å²) in [4.78, 5) is 0. The third-order valence-electron chi connectivity index (χ3n) is 3.24. The lowest BCUT2D eigenvalue weighted by atomic mass is 9.73. The van der Waals surface area contributed by atoms with Gasteiger partial charge < -0.3 is 4.43 Å². The van der Waals surface area contributed by atoms with Gasteiger partial charge in [-0.2, -0.15) is 5.26 Å². The van der Waals surface area contributed by atoms with Gasteiger partial charge in [-0.3, -0.25) is 0 Å². The standard InChI is InChI=1S/C12H23NOSi/c1-10-6-7-12(9-13,11(2)8-10)14-15(3,4)5/h10-11H,6-8H2,1-5H3. The van der Waals surface area contributed by atoms with Crippen molar-refractivity contribution < 1.29 is 4.43 Å². The molecule has 0 heterocycles. The largest absolute Gasteiger partial charge is 0.400 e. The monoisotopic (exact) mass is 225 g/mol. The molecule has 3 heteroatoms. The van der Waals surface area contributed by atoms with E-state index in [9.17, 15) is 5.26 Å². The number of hydrogen-bond donors (Lipinski definition) is 0. The van der Waals surface area contributed by atoms with Gasteiger partial charge in [-0.15, -0.1) is 0 Å². The van der Waals surface area contributed by atoms with E-state index in [1.807, 2.05) is 0 Å². The van der Waals surface area contributed by atoms with Crippen LogP contribution in [0.5, 0.6) is 0 Å². The number of nitrogens with zero attached hydrogens (tertiary/aromatic N) is 1. The summed E-state index contributed by atoms with van der Waals surface area (Å²) in [7, 11) is -1.62. The first-order valence-corrected chi connectivity index (χ1v) is 9.31. The highest BCUT2D eigenvalue weighted by molar-refractivity contribution is 6.69. The molecule has 0 bridgehead atoms. The molecule has 86 valence electrons. The van der Waals surface area contributed by atoms with Gasteiger partial charge in [0.15, 0.2) is 8.32 Å². The lowest BCUT2D eigenvalue weighted by Crippen LogP contribution is -2.49. The van der Waals surface area contributed by atoms with Crippen LogP contribution < -0.4 is 0 Å². The molecule has 15 heavy (non-hydrogen) atoms. The zero-order valence-corrected chi connectivity index (χ0v) is 11.6. The van der Waals surface area contributed by atoms with Crippen LogP contribution in [0.25, 0.3) is 0 Å². The first-order chi connectivity index (χ1) is 6.79. The van der Waals surface area contributed by atoms with E-state index in [2.05, 4.69) is 39.6 Å². The Morgan fingerprint density at radius 2 is 1.93 bits per heavy atom. The molecule has 0 amide bonds. The van der Waals surface area contributed by atoms with Crippen LogP contribution >= 0.6 is 0 Å². The maximum Gasteiger partial charge on any atom is 0.185 e. The molecule has 0 aliphatic heterocycles. The van der Waals surface area contributed by atoms with Gasteiger partial charge in [-0.25, -0.2) is 0 Å². The number of hydrogen-bond acceptors (Lipinski definition) is 2. The molecular weight excluding hydrogens is 202 g/mol. The summed E-state index contributed by atoms with van der Waals surface area (Å²) in [5.41, 5.74) is -0.489. The Balaban J connectivity index is 2.81. The van der Waals surface area contributed by atoms with Crippen molar-refractivity contribution in [3.8, 4) is 6.07 Å². The molecule has 0 N–H and O–H groups in total. The summed E-state index contributed by atoms with van der Waals surface area (Å²) < 4.78 is 6.15. The molecule has 1 aliphatic carbocycles. The van der Waals surface area contributed by atoms with E-state index in [0.29, 0.717) is 5.92 Å². The van der Waals surface area contributed by atoms with E-state index in [1.165, 1.54) is 0 Å². The molecule has 2 nitrogen and oxygen atoms in total. The van der Waals surface area contributed by atoms with Crippen molar-refractivity contribution in [2.24, 2.45) is 11.8 Å². The smallest absolute Gasteiger partial charge is 0.185 e. The molecule has 0 saturated heterocycles. The minimum absolute atomic E-state index is 0.373. The minimum Gasteiger partial charge on any atom is -0.400 e. The van der Waals surface area contributed by atoms with Crippen LogP contribution in [0.4, 0.5) is 0 Å². The van der Waals surface area contributed by atoms with Gasteiger partial charge in [-0.05, 0) is 50.7 Å². The van der Waals surface area contributed by atoms with Crippen molar-refractivity contribution in [3.63, 3.8) is 0 Å². The zero-order chi connectivity index (χ0) is 11.7. The molecule has 0 spiro atoms. The third-order valence-corrected chi connectivity index (χ3v) is 4.21.